The fraction of sp³-hybridized carbons (Fsp3) is 0.600. The second kappa shape index (κ2) is 6.96. The van der Waals surface area contributed by atoms with Gasteiger partial charge in [0.1, 0.15) is 17.3 Å². The van der Waals surface area contributed by atoms with E-state index in [1.165, 1.54) is 25.7 Å². The van der Waals surface area contributed by atoms with Gasteiger partial charge < -0.3 is 9.47 Å². The highest BCUT2D eigenvalue weighted by Gasteiger charge is 2.30. The number of rotatable bonds is 4. The third-order valence-corrected chi connectivity index (χ3v) is 4.91. The molecule has 0 atom stereocenters. The van der Waals surface area contributed by atoms with Crippen LogP contribution in [-0.2, 0) is 4.79 Å². The average Bonchev–Trinajstić information content (AvgIpc) is 2.83. The highest BCUT2D eigenvalue weighted by Crippen LogP contribution is 2.35. The summed E-state index contributed by atoms with van der Waals surface area (Å²) in [6.45, 7) is 3.85. The molecule has 0 spiro atoms. The molecule has 1 aliphatic heterocycles. The number of hydrogen-bond donors (Lipinski definition) is 0. The van der Waals surface area contributed by atoms with Crippen molar-refractivity contribution in [2.75, 3.05) is 7.11 Å². The van der Waals surface area contributed by atoms with E-state index in [-0.39, 0.29) is 5.92 Å². The number of Topliss-reactive ketones (excluding diaryl/α,β-unsaturated/α-hetero) is 1. The molecule has 1 saturated carbocycles. The minimum absolute atomic E-state index is 0.190. The number of benzene rings is 1. The number of carbonyl (C=O) groups excluding carboxylic acids is 1. The summed E-state index contributed by atoms with van der Waals surface area (Å²) in [5, 5.41) is 0. The molecule has 1 aromatic carbocycles. The Kier molecular flexibility index (Phi) is 4.93. The van der Waals surface area contributed by atoms with Crippen LogP contribution in [0.4, 0.5) is 0 Å². The first-order valence-corrected chi connectivity index (χ1v) is 8.97. The van der Waals surface area contributed by atoms with E-state index in [0.29, 0.717) is 12.2 Å². The van der Waals surface area contributed by atoms with Crippen molar-refractivity contribution < 1.29 is 14.3 Å². The smallest absolute Gasteiger partial charge is 0.194 e. The van der Waals surface area contributed by atoms with Crippen molar-refractivity contribution in [1.82, 2.24) is 0 Å². The summed E-state index contributed by atoms with van der Waals surface area (Å²) < 4.78 is 11.3. The Morgan fingerprint density at radius 1 is 1.25 bits per heavy atom. The SMILES string of the molecule is COc1ccc2c(c1)C(CC(=O)C1CCCCCC1)=NC(C)(C)O2. The standard InChI is InChI=1S/C20H27NO3/c1-20(2)21-17(13-18(22)14-8-6-4-5-7-9-14)16-12-15(23-3)10-11-19(16)24-20/h10-12,14H,4-9,13H2,1-3H3. The predicted molar refractivity (Wildman–Crippen MR) is 95.1 cm³/mol. The van der Waals surface area contributed by atoms with Gasteiger partial charge in [-0.25, -0.2) is 4.99 Å². The molecule has 4 heteroatoms. The van der Waals surface area contributed by atoms with Crippen LogP contribution >= 0.6 is 0 Å². The second-order valence-corrected chi connectivity index (χ2v) is 7.30. The zero-order valence-corrected chi connectivity index (χ0v) is 14.9. The monoisotopic (exact) mass is 329 g/mol. The Balaban J connectivity index is 1.85. The van der Waals surface area contributed by atoms with Crippen LogP contribution in [0.2, 0.25) is 0 Å². The topological polar surface area (TPSA) is 47.9 Å². The van der Waals surface area contributed by atoms with Gasteiger partial charge in [0.15, 0.2) is 5.72 Å². The highest BCUT2D eigenvalue weighted by atomic mass is 16.5. The Labute approximate surface area is 144 Å². The van der Waals surface area contributed by atoms with Gasteiger partial charge in [0.05, 0.1) is 12.8 Å². The van der Waals surface area contributed by atoms with Crippen LogP contribution in [0.1, 0.15) is 64.4 Å². The van der Waals surface area contributed by atoms with Crippen molar-refractivity contribution in [2.45, 2.75) is 64.5 Å². The van der Waals surface area contributed by atoms with Gasteiger partial charge in [-0.05, 0) is 44.9 Å². The van der Waals surface area contributed by atoms with Crippen LogP contribution in [0.3, 0.4) is 0 Å². The summed E-state index contributed by atoms with van der Waals surface area (Å²) in [5.41, 5.74) is 1.07. The van der Waals surface area contributed by atoms with Crippen LogP contribution in [0.25, 0.3) is 0 Å². The lowest BCUT2D eigenvalue weighted by Gasteiger charge is -2.30. The van der Waals surface area contributed by atoms with E-state index in [1.807, 2.05) is 32.0 Å². The number of fused-ring (bicyclic) bond motifs is 1. The van der Waals surface area contributed by atoms with E-state index in [9.17, 15) is 4.79 Å². The van der Waals surface area contributed by atoms with E-state index in [1.54, 1.807) is 7.11 Å². The summed E-state index contributed by atoms with van der Waals surface area (Å²) in [7, 11) is 1.64. The van der Waals surface area contributed by atoms with Gasteiger partial charge in [0, 0.05) is 17.9 Å². The number of methoxy groups -OCH3 is 1. The lowest BCUT2D eigenvalue weighted by atomic mass is 9.90. The first-order chi connectivity index (χ1) is 11.5. The fourth-order valence-corrected chi connectivity index (χ4v) is 3.67. The van der Waals surface area contributed by atoms with Crippen molar-refractivity contribution in [3.8, 4) is 11.5 Å². The first-order valence-electron chi connectivity index (χ1n) is 8.97. The zero-order valence-electron chi connectivity index (χ0n) is 14.9. The molecule has 1 aliphatic carbocycles. The van der Waals surface area contributed by atoms with Crippen molar-refractivity contribution in [3.05, 3.63) is 23.8 Å². The average molecular weight is 329 g/mol. The van der Waals surface area contributed by atoms with Crippen LogP contribution in [-0.4, -0.2) is 24.3 Å². The molecule has 0 aromatic heterocycles. The molecule has 0 radical (unpaired) electrons. The lowest BCUT2D eigenvalue weighted by Crippen LogP contribution is -2.33. The van der Waals surface area contributed by atoms with Crippen LogP contribution < -0.4 is 9.47 Å². The van der Waals surface area contributed by atoms with Gasteiger partial charge >= 0.3 is 0 Å². The summed E-state index contributed by atoms with van der Waals surface area (Å²) >= 11 is 0. The van der Waals surface area contributed by atoms with Crippen molar-refractivity contribution in [3.63, 3.8) is 0 Å². The lowest BCUT2D eigenvalue weighted by molar-refractivity contribution is -0.122. The quantitative estimate of drug-likeness (QED) is 0.762. The predicted octanol–water partition coefficient (Wildman–Crippen LogP) is 4.54. The van der Waals surface area contributed by atoms with Crippen LogP contribution in [0, 0.1) is 5.92 Å². The Bertz CT molecular complexity index is 640. The summed E-state index contributed by atoms with van der Waals surface area (Å²) in [6.07, 6.45) is 7.28. The van der Waals surface area contributed by atoms with E-state index >= 15 is 0 Å². The molecule has 0 N–H and O–H groups in total. The molecule has 0 amide bonds. The molecule has 1 heterocycles. The zero-order chi connectivity index (χ0) is 17.2. The van der Waals surface area contributed by atoms with Crippen molar-refractivity contribution >= 4 is 11.5 Å². The van der Waals surface area contributed by atoms with Gasteiger partial charge in [-0.15, -0.1) is 0 Å². The number of carbonyl (C=O) groups is 1. The summed E-state index contributed by atoms with van der Waals surface area (Å²) in [4.78, 5) is 17.5. The van der Waals surface area contributed by atoms with Crippen molar-refractivity contribution in [2.24, 2.45) is 10.9 Å². The normalized spacial score (nSPS) is 20.4. The Morgan fingerprint density at radius 2 is 1.96 bits per heavy atom. The summed E-state index contributed by atoms with van der Waals surface area (Å²) in [6, 6.07) is 5.70. The molecule has 0 unspecified atom stereocenters. The molecule has 130 valence electrons. The molecule has 3 rings (SSSR count). The van der Waals surface area contributed by atoms with Gasteiger partial charge in [0.25, 0.3) is 0 Å². The number of nitrogens with zero attached hydrogens (tertiary/aromatic N) is 1. The van der Waals surface area contributed by atoms with Crippen LogP contribution in [0.5, 0.6) is 11.5 Å². The molecule has 0 saturated heterocycles. The molecule has 4 nitrogen and oxygen atoms in total. The second-order valence-electron chi connectivity index (χ2n) is 7.30. The third-order valence-electron chi connectivity index (χ3n) is 4.91. The number of ketones is 1. The van der Waals surface area contributed by atoms with Gasteiger partial charge in [-0.1, -0.05) is 25.7 Å². The first kappa shape index (κ1) is 17.0. The van der Waals surface area contributed by atoms with E-state index in [0.717, 1.165) is 35.6 Å². The molecule has 0 bridgehead atoms. The van der Waals surface area contributed by atoms with Gasteiger partial charge in [-0.3, -0.25) is 4.79 Å². The molecular weight excluding hydrogens is 302 g/mol. The number of hydrogen-bond acceptors (Lipinski definition) is 4. The minimum atomic E-state index is -0.638. The molecule has 1 aromatic rings. The van der Waals surface area contributed by atoms with E-state index in [4.69, 9.17) is 14.5 Å². The maximum atomic E-state index is 12.8. The molecule has 1 fully saturated rings. The molecule has 2 aliphatic rings. The van der Waals surface area contributed by atoms with Gasteiger partial charge in [-0.2, -0.15) is 0 Å². The Hall–Kier alpha value is -1.84. The Morgan fingerprint density at radius 3 is 2.62 bits per heavy atom. The third kappa shape index (κ3) is 3.80. The maximum absolute atomic E-state index is 12.8. The van der Waals surface area contributed by atoms with E-state index in [2.05, 4.69) is 0 Å². The highest BCUT2D eigenvalue weighted by molar-refractivity contribution is 6.13. The van der Waals surface area contributed by atoms with Gasteiger partial charge in [0.2, 0.25) is 0 Å². The number of ether oxygens (including phenoxy) is 2. The maximum Gasteiger partial charge on any atom is 0.194 e. The summed E-state index contributed by atoms with van der Waals surface area (Å²) in [5.74, 6) is 2.04. The largest absolute Gasteiger partial charge is 0.497 e. The molecule has 24 heavy (non-hydrogen) atoms. The fourth-order valence-electron chi connectivity index (χ4n) is 3.67. The van der Waals surface area contributed by atoms with E-state index < -0.39 is 5.72 Å². The minimum Gasteiger partial charge on any atom is -0.497 e. The molecular formula is C20H27NO3. The number of aliphatic imine (C=N–C) groups is 1. The van der Waals surface area contributed by atoms with Crippen LogP contribution in [0.15, 0.2) is 23.2 Å². The van der Waals surface area contributed by atoms with Crippen molar-refractivity contribution in [1.29, 1.82) is 0 Å².